The Balaban J connectivity index is 2.46. The lowest BCUT2D eigenvalue weighted by molar-refractivity contribution is 0.483. The first-order valence-corrected chi connectivity index (χ1v) is 8.32. The number of halogens is 3. The van der Waals surface area contributed by atoms with Crippen LogP contribution in [-0.2, 0) is 10.0 Å². The second-order valence-electron chi connectivity index (χ2n) is 3.96. The molecule has 2 rings (SSSR count). The second kappa shape index (κ2) is 6.42. The van der Waals surface area contributed by atoms with Crippen molar-refractivity contribution in [2.45, 2.75) is 4.90 Å². The molecular weight excluding hydrogens is 357 g/mol. The molecule has 0 unspecified atom stereocenters. The molecule has 0 bridgehead atoms. The molecule has 0 aliphatic heterocycles. The molecule has 2 aromatic carbocycles. The standard InChI is InChI=1S/C13H10Cl3NO3S/c1-17-21(18,19)8-6-10(15)13(11(16)7-8)20-12-5-3-2-4-9(12)14/h2-7,17H,1H3. The zero-order valence-electron chi connectivity index (χ0n) is 10.7. The molecule has 0 amide bonds. The van der Waals surface area contributed by atoms with Crippen LogP contribution in [0.3, 0.4) is 0 Å². The molecule has 8 heteroatoms. The van der Waals surface area contributed by atoms with Crippen LogP contribution >= 0.6 is 34.8 Å². The number of nitrogens with one attached hydrogen (secondary N) is 1. The van der Waals surface area contributed by atoms with Gasteiger partial charge in [0.2, 0.25) is 10.0 Å². The lowest BCUT2D eigenvalue weighted by Gasteiger charge is -2.12. The number of rotatable bonds is 4. The van der Waals surface area contributed by atoms with Crippen LogP contribution in [0.4, 0.5) is 0 Å². The SMILES string of the molecule is CNS(=O)(=O)c1cc(Cl)c(Oc2ccccc2Cl)c(Cl)c1. The maximum Gasteiger partial charge on any atom is 0.240 e. The quantitative estimate of drug-likeness (QED) is 0.875. The van der Waals surface area contributed by atoms with Crippen LogP contribution in [0.25, 0.3) is 0 Å². The average molecular weight is 367 g/mol. The molecule has 0 radical (unpaired) electrons. The van der Waals surface area contributed by atoms with Gasteiger partial charge in [0.05, 0.1) is 20.0 Å². The predicted octanol–water partition coefficient (Wildman–Crippen LogP) is 4.35. The Labute approximate surface area is 137 Å². The van der Waals surface area contributed by atoms with Crippen molar-refractivity contribution in [2.75, 3.05) is 7.05 Å². The van der Waals surface area contributed by atoms with E-state index in [9.17, 15) is 8.42 Å². The predicted molar refractivity (Wildman–Crippen MR) is 84.2 cm³/mol. The van der Waals surface area contributed by atoms with Gasteiger partial charge < -0.3 is 4.74 Å². The van der Waals surface area contributed by atoms with Crippen LogP contribution in [0.5, 0.6) is 11.5 Å². The van der Waals surface area contributed by atoms with E-state index in [0.717, 1.165) is 0 Å². The molecule has 21 heavy (non-hydrogen) atoms. The fraction of sp³-hybridized carbons (Fsp3) is 0.0769. The van der Waals surface area contributed by atoms with Crippen LogP contribution in [0.15, 0.2) is 41.3 Å². The molecule has 1 N–H and O–H groups in total. The summed E-state index contributed by atoms with van der Waals surface area (Å²) in [7, 11) is -2.34. The van der Waals surface area contributed by atoms with E-state index in [1.54, 1.807) is 24.3 Å². The highest BCUT2D eigenvalue weighted by Gasteiger charge is 2.18. The second-order valence-corrected chi connectivity index (χ2v) is 7.06. The van der Waals surface area contributed by atoms with Gasteiger partial charge >= 0.3 is 0 Å². The van der Waals surface area contributed by atoms with E-state index >= 15 is 0 Å². The third-order valence-corrected chi connectivity index (χ3v) is 4.87. The summed E-state index contributed by atoms with van der Waals surface area (Å²) in [6.07, 6.45) is 0. The van der Waals surface area contributed by atoms with E-state index in [-0.39, 0.29) is 20.7 Å². The fourth-order valence-corrected chi connectivity index (χ4v) is 3.19. The van der Waals surface area contributed by atoms with Crippen molar-refractivity contribution in [2.24, 2.45) is 0 Å². The number of hydrogen-bond donors (Lipinski definition) is 1. The molecule has 112 valence electrons. The summed E-state index contributed by atoms with van der Waals surface area (Å²) in [5.74, 6) is 0.508. The third-order valence-electron chi connectivity index (χ3n) is 2.60. The molecule has 0 spiro atoms. The van der Waals surface area contributed by atoms with Crippen LogP contribution in [0.1, 0.15) is 0 Å². The Kier molecular flexibility index (Phi) is 5.01. The Morgan fingerprint density at radius 1 is 1.00 bits per heavy atom. The van der Waals surface area contributed by atoms with Crippen molar-refractivity contribution in [1.29, 1.82) is 0 Å². The minimum absolute atomic E-state index is 0.0495. The van der Waals surface area contributed by atoms with Gasteiger partial charge in [0.25, 0.3) is 0 Å². The molecule has 4 nitrogen and oxygen atoms in total. The molecule has 0 atom stereocenters. The highest BCUT2D eigenvalue weighted by atomic mass is 35.5. The molecule has 0 aromatic heterocycles. The van der Waals surface area contributed by atoms with Gasteiger partial charge in [0.1, 0.15) is 5.75 Å². The lowest BCUT2D eigenvalue weighted by Crippen LogP contribution is -2.18. The summed E-state index contributed by atoms with van der Waals surface area (Å²) in [6, 6.07) is 9.30. The Morgan fingerprint density at radius 2 is 1.57 bits per heavy atom. The third kappa shape index (κ3) is 3.62. The smallest absolute Gasteiger partial charge is 0.240 e. The average Bonchev–Trinajstić information content (AvgIpc) is 2.44. The topological polar surface area (TPSA) is 55.4 Å². The number of para-hydroxylation sites is 1. The number of ether oxygens (including phenoxy) is 1. The zero-order valence-corrected chi connectivity index (χ0v) is 13.8. The summed E-state index contributed by atoms with van der Waals surface area (Å²) in [4.78, 5) is -0.0495. The first-order valence-electron chi connectivity index (χ1n) is 5.70. The largest absolute Gasteiger partial charge is 0.453 e. The van der Waals surface area contributed by atoms with Crippen molar-refractivity contribution in [3.05, 3.63) is 51.5 Å². The van der Waals surface area contributed by atoms with Gasteiger partial charge in [-0.15, -0.1) is 0 Å². The summed E-state index contributed by atoms with van der Waals surface area (Å²) in [6.45, 7) is 0. The van der Waals surface area contributed by atoms with Gasteiger partial charge in [-0.2, -0.15) is 0 Å². The van der Waals surface area contributed by atoms with Gasteiger partial charge in [0.15, 0.2) is 5.75 Å². The summed E-state index contributed by atoms with van der Waals surface area (Å²) in [5.41, 5.74) is 0. The molecule has 2 aromatic rings. The summed E-state index contributed by atoms with van der Waals surface area (Å²) in [5, 5.41) is 0.518. The first-order chi connectivity index (χ1) is 9.85. The molecule has 0 saturated heterocycles. The molecule has 0 saturated carbocycles. The zero-order chi connectivity index (χ0) is 15.6. The molecular formula is C13H10Cl3NO3S. The first kappa shape index (κ1) is 16.4. The fourth-order valence-electron chi connectivity index (χ4n) is 1.54. The normalized spacial score (nSPS) is 11.4. The Bertz CT molecular complexity index is 755. The Morgan fingerprint density at radius 3 is 2.10 bits per heavy atom. The minimum Gasteiger partial charge on any atom is -0.453 e. The van der Waals surface area contributed by atoms with Gasteiger partial charge in [-0.1, -0.05) is 46.9 Å². The van der Waals surface area contributed by atoms with Gasteiger partial charge in [0, 0.05) is 0 Å². The number of sulfonamides is 1. The highest BCUT2D eigenvalue weighted by molar-refractivity contribution is 7.89. The van der Waals surface area contributed by atoms with Gasteiger partial charge in [-0.3, -0.25) is 0 Å². The van der Waals surface area contributed by atoms with E-state index in [2.05, 4.69) is 4.72 Å². The molecule has 0 heterocycles. The van der Waals surface area contributed by atoms with Crippen LogP contribution < -0.4 is 9.46 Å². The van der Waals surface area contributed by atoms with Crippen molar-refractivity contribution in [3.8, 4) is 11.5 Å². The summed E-state index contributed by atoms with van der Waals surface area (Å²) >= 11 is 18.1. The van der Waals surface area contributed by atoms with Gasteiger partial charge in [-0.05, 0) is 31.3 Å². The maximum atomic E-state index is 11.7. The molecule has 0 aliphatic carbocycles. The van der Waals surface area contributed by atoms with E-state index in [1.165, 1.54) is 19.2 Å². The van der Waals surface area contributed by atoms with E-state index in [4.69, 9.17) is 39.5 Å². The van der Waals surface area contributed by atoms with Crippen LogP contribution in [0.2, 0.25) is 15.1 Å². The van der Waals surface area contributed by atoms with Crippen molar-refractivity contribution in [3.63, 3.8) is 0 Å². The molecule has 0 fully saturated rings. The van der Waals surface area contributed by atoms with E-state index < -0.39 is 10.0 Å². The summed E-state index contributed by atoms with van der Waals surface area (Å²) < 4.78 is 31.2. The minimum atomic E-state index is -3.64. The molecule has 0 aliphatic rings. The highest BCUT2D eigenvalue weighted by Crippen LogP contribution is 2.40. The number of hydrogen-bond acceptors (Lipinski definition) is 3. The van der Waals surface area contributed by atoms with Gasteiger partial charge in [-0.25, -0.2) is 13.1 Å². The number of benzene rings is 2. The maximum absolute atomic E-state index is 11.7. The van der Waals surface area contributed by atoms with Crippen molar-refractivity contribution >= 4 is 44.8 Å². The Hall–Kier alpha value is -0.980. The van der Waals surface area contributed by atoms with E-state index in [0.29, 0.717) is 10.8 Å². The lowest BCUT2D eigenvalue weighted by atomic mass is 10.3. The van der Waals surface area contributed by atoms with Crippen LogP contribution in [0, 0.1) is 0 Å². The van der Waals surface area contributed by atoms with Crippen molar-refractivity contribution in [1.82, 2.24) is 4.72 Å². The van der Waals surface area contributed by atoms with Crippen molar-refractivity contribution < 1.29 is 13.2 Å². The van der Waals surface area contributed by atoms with Crippen LogP contribution in [-0.4, -0.2) is 15.5 Å². The van der Waals surface area contributed by atoms with E-state index in [1.807, 2.05) is 0 Å². The monoisotopic (exact) mass is 365 g/mol.